The van der Waals surface area contributed by atoms with Gasteiger partial charge in [-0.25, -0.2) is 0 Å². The van der Waals surface area contributed by atoms with E-state index in [4.69, 9.17) is 0 Å². The van der Waals surface area contributed by atoms with E-state index in [0.29, 0.717) is 0 Å². The number of hydrogen-bond acceptors (Lipinski definition) is 2. The van der Waals surface area contributed by atoms with Crippen LogP contribution in [0.5, 0.6) is 0 Å². The van der Waals surface area contributed by atoms with Gasteiger partial charge in [-0.1, -0.05) is 149 Å². The molecular formula is C49H47BN2. The topological polar surface area (TPSA) is 6.48 Å². The molecule has 3 heteroatoms. The Morgan fingerprint density at radius 3 is 1.65 bits per heavy atom. The number of nitrogens with zero attached hydrogens (tertiary/aromatic N) is 2. The molecule has 2 aliphatic heterocycles. The number of hydrogen-bond donors (Lipinski definition) is 0. The van der Waals surface area contributed by atoms with Gasteiger partial charge in [0.05, 0.1) is 22.7 Å². The number of benzene rings is 7. The summed E-state index contributed by atoms with van der Waals surface area (Å²) < 4.78 is 0. The van der Waals surface area contributed by atoms with Crippen LogP contribution in [0.1, 0.15) is 69.4 Å². The van der Waals surface area contributed by atoms with Gasteiger partial charge in [0.15, 0.2) is 0 Å². The Hall–Kier alpha value is -5.28. The van der Waals surface area contributed by atoms with Gasteiger partial charge in [0, 0.05) is 11.4 Å². The van der Waals surface area contributed by atoms with Crippen LogP contribution in [0.2, 0.25) is 0 Å². The fourth-order valence-electron chi connectivity index (χ4n) is 8.99. The Morgan fingerprint density at radius 2 is 1.00 bits per heavy atom. The Kier molecular flexibility index (Phi) is 7.13. The first-order chi connectivity index (χ1) is 24.8. The first kappa shape index (κ1) is 32.6. The van der Waals surface area contributed by atoms with Crippen molar-refractivity contribution in [2.75, 3.05) is 9.80 Å². The molecule has 0 spiro atoms. The molecule has 2 nitrogen and oxygen atoms in total. The summed E-state index contributed by atoms with van der Waals surface area (Å²) in [7, 11) is 0. The van der Waals surface area contributed by atoms with Gasteiger partial charge in [0.1, 0.15) is 0 Å². The molecule has 0 amide bonds. The molecule has 0 N–H and O–H groups in total. The van der Waals surface area contributed by atoms with E-state index < -0.39 is 0 Å². The van der Waals surface area contributed by atoms with E-state index in [1.807, 2.05) is 0 Å². The lowest BCUT2D eigenvalue weighted by Crippen LogP contribution is -2.59. The molecule has 0 aliphatic carbocycles. The van der Waals surface area contributed by atoms with Crippen LogP contribution in [0, 0.1) is 20.8 Å². The zero-order valence-corrected chi connectivity index (χ0v) is 32.0. The predicted molar refractivity (Wildman–Crippen MR) is 227 cm³/mol. The minimum atomic E-state index is 0.0715. The molecular weight excluding hydrogens is 627 g/mol. The van der Waals surface area contributed by atoms with Crippen molar-refractivity contribution < 1.29 is 0 Å². The molecule has 0 atom stereocenters. The Morgan fingerprint density at radius 1 is 0.442 bits per heavy atom. The highest BCUT2D eigenvalue weighted by molar-refractivity contribution is 6.98. The minimum Gasteiger partial charge on any atom is -0.307 e. The Bertz CT molecular complexity index is 2580. The largest absolute Gasteiger partial charge is 0.307 e. The third kappa shape index (κ3) is 5.00. The average Bonchev–Trinajstić information content (AvgIpc) is 3.10. The molecule has 2 heterocycles. The molecule has 2 aliphatic rings. The van der Waals surface area contributed by atoms with E-state index in [0.717, 1.165) is 0 Å². The Balaban J connectivity index is 1.33. The third-order valence-electron chi connectivity index (χ3n) is 11.6. The van der Waals surface area contributed by atoms with Crippen LogP contribution in [0.15, 0.2) is 121 Å². The molecule has 0 saturated carbocycles. The van der Waals surface area contributed by atoms with Gasteiger partial charge in [-0.2, -0.15) is 0 Å². The fourth-order valence-corrected chi connectivity index (χ4v) is 8.99. The summed E-state index contributed by atoms with van der Waals surface area (Å²) in [5, 5.41) is 5.10. The van der Waals surface area contributed by atoms with Crippen LogP contribution in [0.4, 0.5) is 34.1 Å². The van der Waals surface area contributed by atoms with Crippen LogP contribution in [0.25, 0.3) is 21.5 Å². The molecule has 52 heavy (non-hydrogen) atoms. The summed E-state index contributed by atoms with van der Waals surface area (Å²) in [4.78, 5) is 5.06. The summed E-state index contributed by atoms with van der Waals surface area (Å²) in [6.45, 7) is 20.7. The fraction of sp³-hybridized carbons (Fsp3) is 0.224. The van der Waals surface area contributed by atoms with E-state index in [2.05, 4.69) is 193 Å². The van der Waals surface area contributed by atoms with E-state index in [1.54, 1.807) is 0 Å². The summed E-state index contributed by atoms with van der Waals surface area (Å²) in [6, 6.07) is 46.6. The third-order valence-corrected chi connectivity index (χ3v) is 11.6. The second-order valence-electron chi connectivity index (χ2n) is 17.3. The summed E-state index contributed by atoms with van der Waals surface area (Å²) in [6.07, 6.45) is 0. The summed E-state index contributed by atoms with van der Waals surface area (Å²) in [5.41, 5.74) is 18.3. The molecule has 7 aromatic rings. The van der Waals surface area contributed by atoms with Crippen molar-refractivity contribution in [2.45, 2.75) is 73.1 Å². The lowest BCUT2D eigenvalue weighted by atomic mass is 9.33. The SMILES string of the molecule is Cc1cc(C)c(B2c3cc4cc(C(C)(C)C)ccc4cc3N3c4ccccc4N(c4ccc5cc(C(C)(C)C)ccc5c4)c4cccc2c43)c(C)c1. The number of para-hydroxylation sites is 3. The maximum atomic E-state index is 2.56. The van der Waals surface area contributed by atoms with E-state index >= 15 is 0 Å². The number of fused-ring (bicyclic) bond motifs is 6. The van der Waals surface area contributed by atoms with Crippen molar-refractivity contribution in [3.05, 3.63) is 149 Å². The summed E-state index contributed by atoms with van der Waals surface area (Å²) in [5.74, 6) is 0. The maximum absolute atomic E-state index is 2.56. The van der Waals surface area contributed by atoms with Crippen molar-refractivity contribution in [2.24, 2.45) is 0 Å². The molecule has 9 rings (SSSR count). The number of rotatable bonds is 2. The molecule has 0 unspecified atom stereocenters. The lowest BCUT2D eigenvalue weighted by Gasteiger charge is -2.46. The van der Waals surface area contributed by atoms with Gasteiger partial charge < -0.3 is 9.80 Å². The van der Waals surface area contributed by atoms with E-state index in [9.17, 15) is 0 Å². The molecule has 0 fully saturated rings. The van der Waals surface area contributed by atoms with Gasteiger partial charge in [0.25, 0.3) is 0 Å². The highest BCUT2D eigenvalue weighted by Crippen LogP contribution is 2.55. The molecule has 0 radical (unpaired) electrons. The smallest absolute Gasteiger partial charge is 0.247 e. The molecule has 0 bridgehead atoms. The van der Waals surface area contributed by atoms with Crippen LogP contribution in [-0.4, -0.2) is 6.71 Å². The van der Waals surface area contributed by atoms with E-state index in [-0.39, 0.29) is 17.5 Å². The first-order valence-corrected chi connectivity index (χ1v) is 18.8. The molecule has 7 aromatic carbocycles. The van der Waals surface area contributed by atoms with Crippen LogP contribution < -0.4 is 26.2 Å². The van der Waals surface area contributed by atoms with Crippen molar-refractivity contribution in [1.29, 1.82) is 0 Å². The lowest BCUT2D eigenvalue weighted by molar-refractivity contribution is 0.591. The van der Waals surface area contributed by atoms with Gasteiger partial charge in [0.2, 0.25) is 6.71 Å². The van der Waals surface area contributed by atoms with E-state index in [1.165, 1.54) is 99.9 Å². The minimum absolute atomic E-state index is 0.0715. The molecule has 0 saturated heterocycles. The predicted octanol–water partition coefficient (Wildman–Crippen LogP) is 11.6. The van der Waals surface area contributed by atoms with Gasteiger partial charge >= 0.3 is 0 Å². The molecule has 256 valence electrons. The van der Waals surface area contributed by atoms with Crippen LogP contribution >= 0.6 is 0 Å². The first-order valence-electron chi connectivity index (χ1n) is 18.8. The maximum Gasteiger partial charge on any atom is 0.247 e. The van der Waals surface area contributed by atoms with Crippen LogP contribution in [0.3, 0.4) is 0 Å². The van der Waals surface area contributed by atoms with Gasteiger partial charge in [-0.15, -0.1) is 0 Å². The standard InChI is InChI=1S/C49H47BN2/c1-30-23-31(2)46(32(3)24-30)50-40-13-12-16-44-47(40)52(45-29-35-18-21-38(49(7,8)9)26-36(35)28-41(45)50)43-15-11-10-14-42(43)51(44)39-22-19-33-25-37(48(4,5)6)20-17-34(33)27-39/h10-29H,1-9H3. The van der Waals surface area contributed by atoms with Gasteiger partial charge in [-0.05, 0) is 112 Å². The van der Waals surface area contributed by atoms with Crippen molar-refractivity contribution in [3.8, 4) is 0 Å². The monoisotopic (exact) mass is 674 g/mol. The molecule has 0 aromatic heterocycles. The summed E-state index contributed by atoms with van der Waals surface area (Å²) >= 11 is 0. The highest BCUT2D eigenvalue weighted by Gasteiger charge is 2.42. The zero-order valence-electron chi connectivity index (χ0n) is 32.0. The van der Waals surface area contributed by atoms with Crippen molar-refractivity contribution >= 4 is 78.8 Å². The van der Waals surface area contributed by atoms with Gasteiger partial charge in [-0.3, -0.25) is 0 Å². The number of anilines is 6. The van der Waals surface area contributed by atoms with Crippen LogP contribution in [-0.2, 0) is 10.8 Å². The second-order valence-corrected chi connectivity index (χ2v) is 17.3. The Labute approximate surface area is 309 Å². The van der Waals surface area contributed by atoms with Crippen molar-refractivity contribution in [3.63, 3.8) is 0 Å². The zero-order chi connectivity index (χ0) is 36.3. The highest BCUT2D eigenvalue weighted by atomic mass is 15.3. The van der Waals surface area contributed by atoms with Crippen molar-refractivity contribution in [1.82, 2.24) is 0 Å². The average molecular weight is 675 g/mol. The number of aryl methyl sites for hydroxylation is 3. The normalized spacial score (nSPS) is 13.8. The second kappa shape index (κ2) is 11.4. The quantitative estimate of drug-likeness (QED) is 0.168.